The van der Waals surface area contributed by atoms with Crippen LogP contribution < -0.4 is 5.73 Å². The Labute approximate surface area is 41.4 Å². The molecule has 0 fully saturated rings. The van der Waals surface area contributed by atoms with E-state index in [0.29, 0.717) is 0 Å². The van der Waals surface area contributed by atoms with Gasteiger partial charge >= 0.3 is 8.60 Å². The lowest BCUT2D eigenvalue weighted by Crippen LogP contribution is -1.82. The molecule has 0 heterocycles. The first-order chi connectivity index (χ1) is 3.15. The summed E-state index contributed by atoms with van der Waals surface area (Å²) in [7, 11) is -2.62. The number of nitrogens with two attached hydrogens (primary N) is 1. The summed E-state index contributed by atoms with van der Waals surface area (Å²) in [5.41, 5.74) is 4.17. The Morgan fingerprint density at radius 3 is 1.43 bits per heavy atom. The van der Waals surface area contributed by atoms with Crippen molar-refractivity contribution in [2.45, 2.75) is 0 Å². The predicted molar refractivity (Wildman–Crippen MR) is 23.8 cm³/mol. The lowest BCUT2D eigenvalue weighted by atomic mass is 11.5. The summed E-state index contributed by atoms with van der Waals surface area (Å²) >= 11 is 0. The van der Waals surface area contributed by atoms with Gasteiger partial charge in [-0.15, -0.1) is 0 Å². The smallest absolute Gasteiger partial charge is 0.324 e. The normalized spacial score (nSPS) is 6.86. The van der Waals surface area contributed by atoms with Crippen LogP contribution in [0.25, 0.3) is 0 Å². The van der Waals surface area contributed by atoms with Gasteiger partial charge in [-0.1, -0.05) is 0 Å². The standard InChI is InChI=1S/CH3NO.H3O3P/c2-1-3;1-4(2)3/h1H,(H2,2,3);1-3H. The minimum atomic E-state index is -2.62. The van der Waals surface area contributed by atoms with Gasteiger partial charge in [0.1, 0.15) is 0 Å². The molecule has 0 saturated heterocycles. The third kappa shape index (κ3) is 1710. The second kappa shape index (κ2) is 9.24. The van der Waals surface area contributed by atoms with E-state index in [4.69, 9.17) is 19.5 Å². The highest BCUT2D eigenvalue weighted by Gasteiger charge is 1.76. The van der Waals surface area contributed by atoms with Crippen molar-refractivity contribution in [3.8, 4) is 0 Å². The Morgan fingerprint density at radius 2 is 1.43 bits per heavy atom. The van der Waals surface area contributed by atoms with Gasteiger partial charge in [-0.3, -0.25) is 4.79 Å². The van der Waals surface area contributed by atoms with Crippen LogP contribution in [-0.4, -0.2) is 21.1 Å². The number of carbonyl (C=O) groups is 1. The Balaban J connectivity index is 0. The van der Waals surface area contributed by atoms with E-state index in [9.17, 15) is 0 Å². The van der Waals surface area contributed by atoms with E-state index in [-0.39, 0.29) is 6.41 Å². The topological polar surface area (TPSA) is 104 Å². The van der Waals surface area contributed by atoms with Gasteiger partial charge in [-0.05, 0) is 0 Å². The molecule has 0 aliphatic rings. The van der Waals surface area contributed by atoms with E-state index in [1.165, 1.54) is 0 Å². The summed E-state index contributed by atoms with van der Waals surface area (Å²) in [6.07, 6.45) is 0.250. The van der Waals surface area contributed by atoms with Crippen molar-refractivity contribution in [3.05, 3.63) is 0 Å². The summed E-state index contributed by atoms with van der Waals surface area (Å²) in [5.74, 6) is 0. The molecule has 0 spiro atoms. The molecular formula is CH6NO4P. The van der Waals surface area contributed by atoms with Crippen molar-refractivity contribution in [1.29, 1.82) is 0 Å². The lowest BCUT2D eigenvalue weighted by Gasteiger charge is -1.76. The van der Waals surface area contributed by atoms with Gasteiger partial charge in [0.2, 0.25) is 6.41 Å². The molecule has 44 valence electrons. The number of rotatable bonds is 0. The van der Waals surface area contributed by atoms with Crippen molar-refractivity contribution < 1.29 is 19.5 Å². The molecule has 0 unspecified atom stereocenters. The van der Waals surface area contributed by atoms with Crippen molar-refractivity contribution >= 4 is 15.0 Å². The van der Waals surface area contributed by atoms with Gasteiger partial charge < -0.3 is 20.4 Å². The number of hydrogen-bond acceptors (Lipinski definition) is 4. The fourth-order valence-electron chi connectivity index (χ4n) is 0. The van der Waals surface area contributed by atoms with Gasteiger partial charge in [0.25, 0.3) is 0 Å². The summed E-state index contributed by atoms with van der Waals surface area (Å²) in [5, 5.41) is 0. The van der Waals surface area contributed by atoms with E-state index in [1.54, 1.807) is 0 Å². The van der Waals surface area contributed by atoms with Crippen LogP contribution in [0.1, 0.15) is 0 Å². The van der Waals surface area contributed by atoms with Gasteiger partial charge in [0.15, 0.2) is 0 Å². The highest BCUT2D eigenvalue weighted by Crippen LogP contribution is 2.11. The molecule has 1 amide bonds. The van der Waals surface area contributed by atoms with Crippen LogP contribution in [0.3, 0.4) is 0 Å². The maximum absolute atomic E-state index is 8.58. The Hall–Kier alpha value is -0.220. The largest absolute Gasteiger partial charge is 0.372 e. The summed E-state index contributed by atoms with van der Waals surface area (Å²) in [6.45, 7) is 0. The van der Waals surface area contributed by atoms with Crippen LogP contribution in [0.4, 0.5) is 0 Å². The lowest BCUT2D eigenvalue weighted by molar-refractivity contribution is -0.106. The zero-order chi connectivity index (χ0) is 6.28. The van der Waals surface area contributed by atoms with Crippen molar-refractivity contribution in [3.63, 3.8) is 0 Å². The molecule has 0 rings (SSSR count). The molecule has 5 N–H and O–H groups in total. The molecule has 0 atom stereocenters. The molecule has 0 saturated carbocycles. The number of amides is 1. The molecule has 0 bridgehead atoms. The first-order valence-electron chi connectivity index (χ1n) is 1.17. The molecule has 6 heteroatoms. The van der Waals surface area contributed by atoms with Gasteiger partial charge in [-0.2, -0.15) is 0 Å². The monoisotopic (exact) mass is 127 g/mol. The maximum atomic E-state index is 8.58. The Kier molecular flexibility index (Phi) is 13.1. The van der Waals surface area contributed by atoms with Gasteiger partial charge in [0.05, 0.1) is 0 Å². The molecule has 0 aliphatic heterocycles. The third-order valence-corrected chi connectivity index (χ3v) is 0. The number of hydrogen-bond donors (Lipinski definition) is 4. The SMILES string of the molecule is NC=O.OP(O)O. The quantitative estimate of drug-likeness (QED) is 0.230. The van der Waals surface area contributed by atoms with E-state index in [2.05, 4.69) is 5.73 Å². The van der Waals surface area contributed by atoms with E-state index >= 15 is 0 Å². The molecule has 7 heavy (non-hydrogen) atoms. The highest BCUT2D eigenvalue weighted by atomic mass is 31.2. The Morgan fingerprint density at radius 1 is 1.43 bits per heavy atom. The maximum Gasteiger partial charge on any atom is 0.324 e. The summed E-state index contributed by atoms with van der Waals surface area (Å²) in [4.78, 5) is 30.3. The molecule has 0 aromatic heterocycles. The average molecular weight is 127 g/mol. The molecule has 0 aromatic rings. The minimum absolute atomic E-state index is 0.250. The van der Waals surface area contributed by atoms with Crippen LogP contribution in [0, 0.1) is 0 Å². The molecule has 0 aliphatic carbocycles. The minimum Gasteiger partial charge on any atom is -0.372 e. The van der Waals surface area contributed by atoms with Crippen LogP contribution in [-0.2, 0) is 4.79 Å². The molecule has 0 radical (unpaired) electrons. The van der Waals surface area contributed by atoms with Crippen LogP contribution in [0.2, 0.25) is 0 Å². The Bertz CT molecular complexity index is 35.9. The highest BCUT2D eigenvalue weighted by molar-refractivity contribution is 7.38. The molecule has 5 nitrogen and oxygen atoms in total. The van der Waals surface area contributed by atoms with Crippen molar-refractivity contribution in [2.24, 2.45) is 5.73 Å². The zero-order valence-electron chi connectivity index (χ0n) is 3.35. The second-order valence-electron chi connectivity index (χ2n) is 0.404. The first-order valence-corrected chi connectivity index (χ1v) is 2.37. The zero-order valence-corrected chi connectivity index (χ0v) is 4.25. The van der Waals surface area contributed by atoms with E-state index < -0.39 is 8.60 Å². The van der Waals surface area contributed by atoms with E-state index in [1.807, 2.05) is 0 Å². The average Bonchev–Trinajstić information content (AvgIpc) is 1.33. The summed E-state index contributed by atoms with van der Waals surface area (Å²) in [6, 6.07) is 0. The van der Waals surface area contributed by atoms with Gasteiger partial charge in [0, 0.05) is 0 Å². The summed E-state index contributed by atoms with van der Waals surface area (Å²) < 4.78 is 0. The third-order valence-electron chi connectivity index (χ3n) is 0. The van der Waals surface area contributed by atoms with Crippen LogP contribution in [0.5, 0.6) is 0 Å². The molecule has 0 aromatic carbocycles. The molecular weight excluding hydrogens is 121 g/mol. The number of primary amides is 1. The van der Waals surface area contributed by atoms with Crippen molar-refractivity contribution in [2.75, 3.05) is 0 Å². The number of carbonyl (C=O) groups excluding carboxylic acids is 1. The van der Waals surface area contributed by atoms with Crippen molar-refractivity contribution in [1.82, 2.24) is 0 Å². The van der Waals surface area contributed by atoms with Gasteiger partial charge in [-0.25, -0.2) is 0 Å². The first kappa shape index (κ1) is 9.91. The fraction of sp³-hybridized carbons (Fsp3) is 0. The van der Waals surface area contributed by atoms with Crippen LogP contribution >= 0.6 is 8.60 Å². The predicted octanol–water partition coefficient (Wildman–Crippen LogP) is -1.71. The van der Waals surface area contributed by atoms with Crippen LogP contribution in [0.15, 0.2) is 0 Å². The van der Waals surface area contributed by atoms with E-state index in [0.717, 1.165) is 0 Å². The second-order valence-corrected chi connectivity index (χ2v) is 0.941. The fourth-order valence-corrected chi connectivity index (χ4v) is 0.